The Morgan fingerprint density at radius 1 is 0.920 bits per heavy atom. The first-order chi connectivity index (χ1) is 23.4. The number of carbonyl (C=O) groups excluding carboxylic acids is 3. The zero-order valence-corrected chi connectivity index (χ0v) is 32.0. The van der Waals surface area contributed by atoms with E-state index in [1.807, 2.05) is 81.4 Å². The number of aliphatic hydroxyl groups is 1. The monoisotopic (exact) mass is 728 g/mol. The van der Waals surface area contributed by atoms with E-state index in [9.17, 15) is 27.9 Å². The first-order valence-corrected chi connectivity index (χ1v) is 20.6. The van der Waals surface area contributed by atoms with Crippen molar-refractivity contribution in [2.75, 3.05) is 25.1 Å². The smallest absolute Gasteiger partial charge is 0.244 e. The Labute approximate surface area is 302 Å². The number of likely N-dealkylation sites (tertiary alicyclic amines) is 1. The summed E-state index contributed by atoms with van der Waals surface area (Å²) in [7, 11) is -3.84. The van der Waals surface area contributed by atoms with Gasteiger partial charge < -0.3 is 21.1 Å². The Hall–Kier alpha value is -2.93. The highest BCUT2D eigenvalue weighted by Gasteiger charge is 2.46. The van der Waals surface area contributed by atoms with Gasteiger partial charge in [-0.1, -0.05) is 67.8 Å². The third-order valence-electron chi connectivity index (χ3n) is 10.1. The SMILES string of the molecule is CC(C)(C)NC(=O)[C@@H]1CC2CCCCC2CN1C[C@@H](O)[C@H](Cc1ccccc1)NC(=O)[C@@H](NC(=O)CSc1ccccc1)C(C)(C)S(C)(=O)=O. The molecule has 1 aliphatic carbocycles. The molecule has 2 aromatic carbocycles. The van der Waals surface area contributed by atoms with E-state index in [1.165, 1.54) is 25.6 Å². The van der Waals surface area contributed by atoms with Crippen LogP contribution in [0.2, 0.25) is 0 Å². The molecular weight excluding hydrogens is 673 g/mol. The summed E-state index contributed by atoms with van der Waals surface area (Å²) < 4.78 is 24.4. The number of nitrogens with one attached hydrogen (secondary N) is 3. The molecule has 2 fully saturated rings. The van der Waals surface area contributed by atoms with E-state index in [2.05, 4.69) is 20.9 Å². The maximum absolute atomic E-state index is 14.2. The lowest BCUT2D eigenvalue weighted by Crippen LogP contribution is -2.64. The van der Waals surface area contributed by atoms with Crippen LogP contribution in [0.25, 0.3) is 0 Å². The van der Waals surface area contributed by atoms with Crippen molar-refractivity contribution in [3.05, 3.63) is 66.2 Å². The number of fused-ring (bicyclic) bond motifs is 1. The van der Waals surface area contributed by atoms with Crippen LogP contribution in [-0.2, 0) is 30.6 Å². The minimum Gasteiger partial charge on any atom is -0.390 e. The number of hydrogen-bond donors (Lipinski definition) is 4. The average Bonchev–Trinajstić information content (AvgIpc) is 3.05. The molecule has 50 heavy (non-hydrogen) atoms. The van der Waals surface area contributed by atoms with Gasteiger partial charge in [-0.15, -0.1) is 11.8 Å². The maximum Gasteiger partial charge on any atom is 0.244 e. The van der Waals surface area contributed by atoms with Gasteiger partial charge in [0, 0.05) is 29.8 Å². The minimum absolute atomic E-state index is 0.0150. The molecule has 1 saturated heterocycles. The van der Waals surface area contributed by atoms with Crippen LogP contribution >= 0.6 is 11.8 Å². The molecule has 2 aliphatic rings. The molecule has 10 nitrogen and oxygen atoms in total. The van der Waals surface area contributed by atoms with E-state index < -0.39 is 56.2 Å². The largest absolute Gasteiger partial charge is 0.390 e. The zero-order chi connectivity index (χ0) is 36.7. The van der Waals surface area contributed by atoms with Gasteiger partial charge in [0.15, 0.2) is 9.84 Å². The van der Waals surface area contributed by atoms with Crippen LogP contribution < -0.4 is 16.0 Å². The number of thioether (sulfide) groups is 1. The Morgan fingerprint density at radius 2 is 1.52 bits per heavy atom. The summed E-state index contributed by atoms with van der Waals surface area (Å²) in [5, 5.41) is 20.7. The standard InChI is InChI=1S/C38H56N4O6S2/c1-37(2,3)41-35(45)31-22-27-17-13-14-18-28(27)23-42(31)24-32(43)30(21-26-15-9-7-10-16-26)39-36(46)34(38(4,5)50(6,47)48)40-33(44)25-49-29-19-11-8-12-20-29/h7-12,15-16,19-20,27-28,30-32,34,43H,13-14,17-18,21-25H2,1-6H3,(H,39,46)(H,40,44)(H,41,45)/t27?,28?,30-,31-,32+,34+/m0/s1. The highest BCUT2D eigenvalue weighted by Crippen LogP contribution is 2.39. The Balaban J connectivity index is 1.58. The highest BCUT2D eigenvalue weighted by atomic mass is 32.2. The van der Waals surface area contributed by atoms with Gasteiger partial charge in [0.05, 0.1) is 28.7 Å². The van der Waals surface area contributed by atoms with Crippen molar-refractivity contribution in [3.63, 3.8) is 0 Å². The van der Waals surface area contributed by atoms with Crippen molar-refractivity contribution in [2.24, 2.45) is 11.8 Å². The quantitative estimate of drug-likeness (QED) is 0.214. The molecule has 6 atom stereocenters. The molecule has 4 rings (SSSR count). The summed E-state index contributed by atoms with van der Waals surface area (Å²) in [6.07, 6.45) is 5.41. The van der Waals surface area contributed by atoms with Crippen LogP contribution in [0, 0.1) is 11.8 Å². The summed E-state index contributed by atoms with van der Waals surface area (Å²) in [5.41, 5.74) is 0.451. The fourth-order valence-corrected chi connectivity index (χ4v) is 8.37. The van der Waals surface area contributed by atoms with Gasteiger partial charge in [0.1, 0.15) is 6.04 Å². The Morgan fingerprint density at radius 3 is 2.12 bits per heavy atom. The number of nitrogens with zero attached hydrogens (tertiary/aromatic N) is 1. The van der Waals surface area contributed by atoms with E-state index in [1.54, 1.807) is 0 Å². The van der Waals surface area contributed by atoms with E-state index in [0.29, 0.717) is 24.8 Å². The zero-order valence-electron chi connectivity index (χ0n) is 30.4. The van der Waals surface area contributed by atoms with Gasteiger partial charge in [0.2, 0.25) is 17.7 Å². The van der Waals surface area contributed by atoms with Crippen molar-refractivity contribution in [2.45, 2.75) is 113 Å². The van der Waals surface area contributed by atoms with E-state index >= 15 is 0 Å². The first kappa shape index (κ1) is 39.8. The topological polar surface area (TPSA) is 145 Å². The van der Waals surface area contributed by atoms with Crippen LogP contribution in [0.15, 0.2) is 65.6 Å². The van der Waals surface area contributed by atoms with Crippen molar-refractivity contribution < 1.29 is 27.9 Å². The average molecular weight is 729 g/mol. The number of rotatable bonds is 14. The second-order valence-electron chi connectivity index (χ2n) is 15.6. The van der Waals surface area contributed by atoms with Gasteiger partial charge in [0.25, 0.3) is 0 Å². The lowest BCUT2D eigenvalue weighted by atomic mass is 9.72. The highest BCUT2D eigenvalue weighted by molar-refractivity contribution is 8.00. The lowest BCUT2D eigenvalue weighted by Gasteiger charge is -2.47. The fourth-order valence-electron chi connectivity index (χ4n) is 7.05. The lowest BCUT2D eigenvalue weighted by molar-refractivity contribution is -0.133. The van der Waals surface area contributed by atoms with Gasteiger partial charge in [-0.25, -0.2) is 8.42 Å². The number of β-amino-alcohol motifs (C(OH)–C–C–N with tert-alkyl or cyclic N) is 1. The van der Waals surface area contributed by atoms with E-state index in [-0.39, 0.29) is 24.6 Å². The maximum atomic E-state index is 14.2. The number of sulfone groups is 1. The van der Waals surface area contributed by atoms with Gasteiger partial charge in [-0.05, 0) is 83.4 Å². The molecule has 0 spiro atoms. The molecule has 0 aromatic heterocycles. The molecule has 3 amide bonds. The molecule has 1 heterocycles. The molecular formula is C38H56N4O6S2. The van der Waals surface area contributed by atoms with Gasteiger partial charge in [-0.3, -0.25) is 19.3 Å². The van der Waals surface area contributed by atoms with Crippen LogP contribution in [-0.4, -0.2) is 95.8 Å². The fraction of sp³-hybridized carbons (Fsp3) is 0.605. The van der Waals surface area contributed by atoms with Crippen molar-refractivity contribution in [1.82, 2.24) is 20.9 Å². The summed E-state index contributed by atoms with van der Waals surface area (Å²) >= 11 is 1.28. The van der Waals surface area contributed by atoms with Gasteiger partial charge in [-0.2, -0.15) is 0 Å². The second kappa shape index (κ2) is 17.1. The molecule has 1 saturated carbocycles. The molecule has 12 heteroatoms. The molecule has 2 aromatic rings. The number of carbonyl (C=O) groups is 3. The molecule has 276 valence electrons. The third-order valence-corrected chi connectivity index (χ3v) is 13.3. The predicted octanol–water partition coefficient (Wildman–Crippen LogP) is 3.97. The van der Waals surface area contributed by atoms with Gasteiger partial charge >= 0.3 is 0 Å². The first-order valence-electron chi connectivity index (χ1n) is 17.7. The van der Waals surface area contributed by atoms with Crippen LogP contribution in [0.5, 0.6) is 0 Å². The Bertz CT molecular complexity index is 1550. The second-order valence-corrected chi connectivity index (χ2v) is 19.2. The summed E-state index contributed by atoms with van der Waals surface area (Å²) in [6, 6.07) is 16.1. The number of hydrogen-bond acceptors (Lipinski definition) is 8. The number of piperidine rings is 1. The number of benzene rings is 2. The van der Waals surface area contributed by atoms with E-state index in [0.717, 1.165) is 42.4 Å². The molecule has 1 aliphatic heterocycles. The third kappa shape index (κ3) is 11.0. The van der Waals surface area contributed by atoms with Crippen LogP contribution in [0.3, 0.4) is 0 Å². The molecule has 2 unspecified atom stereocenters. The van der Waals surface area contributed by atoms with Crippen LogP contribution in [0.4, 0.5) is 0 Å². The molecule has 0 radical (unpaired) electrons. The number of amides is 3. The number of aliphatic hydroxyl groups excluding tert-OH is 1. The Kier molecular flexibility index (Phi) is 13.6. The summed E-state index contributed by atoms with van der Waals surface area (Å²) in [6.45, 7) is 9.53. The molecule has 0 bridgehead atoms. The van der Waals surface area contributed by atoms with Crippen LogP contribution in [0.1, 0.15) is 72.3 Å². The molecule has 4 N–H and O–H groups in total. The van der Waals surface area contributed by atoms with E-state index in [4.69, 9.17) is 0 Å². The van der Waals surface area contributed by atoms with Crippen molar-refractivity contribution in [1.29, 1.82) is 0 Å². The van der Waals surface area contributed by atoms with Crippen molar-refractivity contribution >= 4 is 39.3 Å². The predicted molar refractivity (Wildman–Crippen MR) is 199 cm³/mol. The minimum atomic E-state index is -3.84. The summed E-state index contributed by atoms with van der Waals surface area (Å²) in [4.78, 5) is 44.0. The summed E-state index contributed by atoms with van der Waals surface area (Å²) in [5.74, 6) is -0.386. The normalized spacial score (nSPS) is 22.0. The van der Waals surface area contributed by atoms with Crippen molar-refractivity contribution in [3.8, 4) is 0 Å².